The lowest BCUT2D eigenvalue weighted by Gasteiger charge is -2.40. The first-order valence-electron chi connectivity index (χ1n) is 33.3. The molecule has 8 atom stereocenters. The number of H-pyrrole nitrogens is 1. The van der Waals surface area contributed by atoms with E-state index in [-0.39, 0.29) is 0 Å². The van der Waals surface area contributed by atoms with Crippen molar-refractivity contribution in [3.05, 3.63) is 41.7 Å². The number of nitrogens with zero attached hydrogens (tertiary/aromatic N) is 2. The first-order valence-corrected chi connectivity index (χ1v) is 33.3. The van der Waals surface area contributed by atoms with Crippen molar-refractivity contribution in [2.75, 3.05) is 0 Å². The number of imidazole rings is 1. The van der Waals surface area contributed by atoms with E-state index in [2.05, 4.69) is 33.0 Å². The molecule has 20 rings (SSSR count). The fourth-order valence-corrected chi connectivity index (χ4v) is 18.5. The molecule has 10 bridgehead atoms. The van der Waals surface area contributed by atoms with Crippen LogP contribution in [-0.4, -0.2) is 14.5 Å². The maximum absolute atomic E-state index is 4.22. The molecule has 8 unspecified atom stereocenters. The van der Waals surface area contributed by atoms with Gasteiger partial charge < -0.3 is 9.55 Å². The molecule has 2 aromatic heterocycles. The molecule has 3 heterocycles. The van der Waals surface area contributed by atoms with Crippen LogP contribution in [0.3, 0.4) is 0 Å². The number of fused-ring (bicyclic) bond motifs is 15. The maximum atomic E-state index is 4.22. The van der Waals surface area contributed by atoms with Crippen LogP contribution in [0.5, 0.6) is 0 Å². The molecule has 1 N–H and O–H groups in total. The third-order valence-electron chi connectivity index (χ3n) is 23.2. The monoisotopic (exact) mass is 972 g/mol. The number of hydrogen-bond acceptors (Lipinski definition) is 1. The highest BCUT2D eigenvalue weighted by atomic mass is 15.1. The van der Waals surface area contributed by atoms with E-state index >= 15 is 0 Å². The van der Waals surface area contributed by atoms with Crippen molar-refractivity contribution in [1.82, 2.24) is 14.5 Å². The molecule has 0 saturated heterocycles. The Bertz CT molecular complexity index is 1520. The van der Waals surface area contributed by atoms with Crippen molar-refractivity contribution in [2.24, 2.45) is 82.9 Å². The van der Waals surface area contributed by atoms with Crippen LogP contribution in [0.25, 0.3) is 0 Å². The maximum Gasteiger partial charge on any atom is 0.108 e. The summed E-state index contributed by atoms with van der Waals surface area (Å²) in [5.74, 6) is 17.7. The summed E-state index contributed by atoms with van der Waals surface area (Å²) in [5, 5.41) is 0. The van der Waals surface area contributed by atoms with Crippen molar-refractivity contribution in [1.29, 1.82) is 0 Å². The van der Waals surface area contributed by atoms with Crippen molar-refractivity contribution < 1.29 is 0 Å². The quantitative estimate of drug-likeness (QED) is 0.280. The predicted octanol–water partition coefficient (Wildman–Crippen LogP) is 20.0. The van der Waals surface area contributed by atoms with Gasteiger partial charge in [0.25, 0.3) is 0 Å². The van der Waals surface area contributed by atoms with Crippen LogP contribution in [-0.2, 0) is 25.8 Å². The zero-order chi connectivity index (χ0) is 47.9. The van der Waals surface area contributed by atoms with E-state index < -0.39 is 0 Å². The van der Waals surface area contributed by atoms with Gasteiger partial charge in [0, 0.05) is 37.3 Å². The number of hydrogen-bond donors (Lipinski definition) is 1. The Morgan fingerprint density at radius 2 is 0.732 bits per heavy atom. The van der Waals surface area contributed by atoms with Gasteiger partial charge in [-0.2, -0.15) is 0 Å². The smallest absolute Gasteiger partial charge is 0.108 e. The average molecular weight is 973 g/mol. The molecule has 71 heavy (non-hydrogen) atoms. The van der Waals surface area contributed by atoms with Crippen molar-refractivity contribution in [3.8, 4) is 0 Å². The van der Waals surface area contributed by atoms with Gasteiger partial charge in [0.15, 0.2) is 0 Å². The van der Waals surface area contributed by atoms with Crippen LogP contribution in [0.4, 0.5) is 0 Å². The zero-order valence-corrected chi connectivity index (χ0v) is 46.5. The number of aryl methyl sites for hydroxylation is 4. The van der Waals surface area contributed by atoms with E-state index in [4.69, 9.17) is 0 Å². The summed E-state index contributed by atoms with van der Waals surface area (Å²) in [6, 6.07) is 2.20. The second-order valence-electron chi connectivity index (χ2n) is 28.3. The van der Waals surface area contributed by atoms with E-state index in [9.17, 15) is 0 Å². The van der Waals surface area contributed by atoms with Gasteiger partial charge in [0.05, 0.1) is 0 Å². The van der Waals surface area contributed by atoms with Crippen LogP contribution < -0.4 is 0 Å². The zero-order valence-electron chi connectivity index (χ0n) is 46.5. The van der Waals surface area contributed by atoms with Crippen LogP contribution >= 0.6 is 0 Å². The minimum atomic E-state index is 1.15. The number of aromatic amines is 1. The number of aromatic nitrogens is 3. The normalized spacial score (nSPS) is 38.9. The summed E-state index contributed by atoms with van der Waals surface area (Å²) in [6.07, 6.45) is 75.9. The summed E-state index contributed by atoms with van der Waals surface area (Å²) in [6.45, 7) is 1.18. The van der Waals surface area contributed by atoms with Crippen LogP contribution in [0.15, 0.2) is 24.7 Å². The molecule has 0 radical (unpaired) electrons. The molecule has 3 nitrogen and oxygen atoms in total. The summed E-state index contributed by atoms with van der Waals surface area (Å²) in [7, 11) is 0. The molecule has 18 aliphatic rings. The number of rotatable bonds is 0. The Kier molecular flexibility index (Phi) is 20.9. The molecule has 400 valence electrons. The topological polar surface area (TPSA) is 33.6 Å². The van der Waals surface area contributed by atoms with Gasteiger partial charge in [0.1, 0.15) is 5.82 Å². The Hall–Kier alpha value is -1.51. The largest absolute Gasteiger partial charge is 0.365 e. The van der Waals surface area contributed by atoms with Gasteiger partial charge in [-0.15, -0.1) is 0 Å². The minimum absolute atomic E-state index is 1.15. The average Bonchev–Trinajstić information content (AvgIpc) is 4.29. The molecule has 1 aliphatic heterocycles. The first-order chi connectivity index (χ1) is 35.1. The standard InChI is InChI=1S/C9H16.C8H11N.3C8H14.C7H10N2.2C7H12.C6H10/c1-2-5-9-7-3-6-8(9)4-1;1-2-4-8-7(3-1)5-6-9-8;1-2-8-5-3-7(1)4-6-8;2*1-2-7-4-5-8(3-1)6-7;1-2-5-9-6-4-8-7(9)3-1;1-2-7-4-3-6(1)5-7;1-2-6-4-7(3-1)5-6;1-2-5-4-6(5)3-1/h8-9H,1-7H2;5-6,9H,1-4H2;3*7-8H,1-6H2;4,6H,1-3,5H2;2*6-7H,1-5H2;5-6H,1-4H2. The van der Waals surface area contributed by atoms with E-state index in [0.29, 0.717) is 0 Å². The Morgan fingerprint density at radius 1 is 0.338 bits per heavy atom. The second-order valence-corrected chi connectivity index (χ2v) is 28.3. The van der Waals surface area contributed by atoms with Gasteiger partial charge in [-0.25, -0.2) is 4.98 Å². The SMILES string of the molecule is C1CC2CC(C1)C2.C1CC2CC2C1.C1CC2CCC(C1)C2.C1CC2CCC(C1)C2.C1CC2CCC1C2.C1CC2CCC1CC2.C1CCC2CCCC2C1.c1cc2c([nH]1)CCCC2.c1cn2c(n1)CCCC2. The van der Waals surface area contributed by atoms with Crippen molar-refractivity contribution in [3.63, 3.8) is 0 Å². The molecule has 0 spiro atoms. The highest BCUT2D eigenvalue weighted by Gasteiger charge is 2.40. The fraction of sp³-hybridized carbons (Fsp3) is 0.897. The van der Waals surface area contributed by atoms with E-state index in [1.54, 1.807) is 211 Å². The van der Waals surface area contributed by atoms with Gasteiger partial charge in [0.2, 0.25) is 0 Å². The Labute approximate surface area is 439 Å². The molecule has 17 aliphatic carbocycles. The molecule has 0 aromatic carbocycles. The summed E-state index contributed by atoms with van der Waals surface area (Å²) < 4.78 is 2.24. The van der Waals surface area contributed by atoms with E-state index in [1.807, 2.05) is 6.20 Å². The molecule has 16 fully saturated rings. The minimum Gasteiger partial charge on any atom is -0.365 e. The van der Waals surface area contributed by atoms with Gasteiger partial charge in [-0.1, -0.05) is 212 Å². The Balaban J connectivity index is 0.0000000924. The summed E-state index contributed by atoms with van der Waals surface area (Å²) in [4.78, 5) is 7.48. The van der Waals surface area contributed by atoms with E-state index in [0.717, 1.165) is 35.5 Å². The number of nitrogens with one attached hydrogen (secondary N) is 1. The summed E-state index contributed by atoms with van der Waals surface area (Å²) in [5.41, 5.74) is 3.02. The van der Waals surface area contributed by atoms with E-state index in [1.165, 1.54) is 155 Å². The molecule has 2 aromatic rings. The van der Waals surface area contributed by atoms with Gasteiger partial charge in [-0.05, 0) is 172 Å². The van der Waals surface area contributed by atoms with Crippen molar-refractivity contribution >= 4 is 0 Å². The lowest BCUT2D eigenvalue weighted by Crippen LogP contribution is -2.28. The van der Waals surface area contributed by atoms with Crippen LogP contribution in [0.1, 0.15) is 293 Å². The highest BCUT2D eigenvalue weighted by molar-refractivity contribution is 5.22. The summed E-state index contributed by atoms with van der Waals surface area (Å²) >= 11 is 0. The third kappa shape index (κ3) is 16.7. The van der Waals surface area contributed by atoms with Crippen LogP contribution in [0, 0.1) is 82.9 Å². The Morgan fingerprint density at radius 3 is 1.13 bits per heavy atom. The lowest BCUT2D eigenvalue weighted by atomic mass is 9.65. The molecule has 16 saturated carbocycles. The van der Waals surface area contributed by atoms with Crippen LogP contribution in [0.2, 0.25) is 0 Å². The lowest BCUT2D eigenvalue weighted by molar-refractivity contribution is 0.116. The highest BCUT2D eigenvalue weighted by Crippen LogP contribution is 2.51. The first kappa shape index (κ1) is 52.9. The second kappa shape index (κ2) is 28.0. The molecular weight excluding hydrogens is 859 g/mol. The predicted molar refractivity (Wildman–Crippen MR) is 302 cm³/mol. The molecule has 0 amide bonds. The van der Waals surface area contributed by atoms with Gasteiger partial charge in [-0.3, -0.25) is 0 Å². The molecule has 3 heteroatoms. The third-order valence-corrected chi connectivity index (χ3v) is 23.2. The molecular formula is C68H113N3. The van der Waals surface area contributed by atoms with Crippen molar-refractivity contribution in [2.45, 2.75) is 302 Å². The fourth-order valence-electron chi connectivity index (χ4n) is 18.5. The van der Waals surface area contributed by atoms with Gasteiger partial charge >= 0.3 is 0 Å².